The topological polar surface area (TPSA) is 68.0 Å². The van der Waals surface area contributed by atoms with Crippen molar-refractivity contribution in [1.82, 2.24) is 9.97 Å². The molecule has 0 aliphatic heterocycles. The highest BCUT2D eigenvalue weighted by molar-refractivity contribution is 6.12. The van der Waals surface area contributed by atoms with Crippen LogP contribution in [0.3, 0.4) is 0 Å². The van der Waals surface area contributed by atoms with Crippen LogP contribution in [0.15, 0.2) is 47.1 Å². The maximum absolute atomic E-state index is 12.3. The second-order valence-electron chi connectivity index (χ2n) is 4.06. The lowest BCUT2D eigenvalue weighted by Gasteiger charge is -2.02. The Labute approximate surface area is 109 Å². The molecule has 0 unspecified atom stereocenters. The molecule has 2 aromatic heterocycles. The first-order chi connectivity index (χ1) is 9.25. The summed E-state index contributed by atoms with van der Waals surface area (Å²) in [6.07, 6.45) is 3.14. The van der Waals surface area contributed by atoms with E-state index in [1.165, 1.54) is 0 Å². The second kappa shape index (κ2) is 4.53. The van der Waals surface area contributed by atoms with Crippen LogP contribution in [0.1, 0.15) is 16.1 Å². The van der Waals surface area contributed by atoms with Crippen molar-refractivity contribution in [3.05, 3.63) is 54.0 Å². The molecule has 2 heterocycles. The van der Waals surface area contributed by atoms with E-state index in [0.29, 0.717) is 16.9 Å². The van der Waals surface area contributed by atoms with Crippen LogP contribution in [0.2, 0.25) is 0 Å². The molecule has 0 bridgehead atoms. The second-order valence-corrected chi connectivity index (χ2v) is 4.06. The van der Waals surface area contributed by atoms with Crippen molar-refractivity contribution in [2.45, 2.75) is 6.92 Å². The van der Waals surface area contributed by atoms with Gasteiger partial charge in [-0.1, -0.05) is 18.2 Å². The molecule has 5 nitrogen and oxygen atoms in total. The van der Waals surface area contributed by atoms with Gasteiger partial charge in [-0.2, -0.15) is 0 Å². The van der Waals surface area contributed by atoms with Crippen LogP contribution in [-0.4, -0.2) is 15.9 Å². The molecule has 19 heavy (non-hydrogen) atoms. The fourth-order valence-electron chi connectivity index (χ4n) is 1.98. The van der Waals surface area contributed by atoms with Crippen LogP contribution in [-0.2, 0) is 0 Å². The first kappa shape index (κ1) is 11.4. The Morgan fingerprint density at radius 1 is 1.16 bits per heavy atom. The number of aromatic nitrogens is 2. The van der Waals surface area contributed by atoms with Crippen LogP contribution in [0, 0.1) is 6.92 Å². The molecule has 0 saturated heterocycles. The maximum Gasteiger partial charge on any atom is 0.262 e. The number of nitrogens with one attached hydrogen (secondary N) is 1. The summed E-state index contributed by atoms with van der Waals surface area (Å²) in [7, 11) is 0. The van der Waals surface area contributed by atoms with Gasteiger partial charge in [0.2, 0.25) is 5.95 Å². The third kappa shape index (κ3) is 2.06. The Hall–Kier alpha value is -2.69. The number of hydrogen-bond acceptors (Lipinski definition) is 4. The minimum Gasteiger partial charge on any atom is -0.461 e. The Kier molecular flexibility index (Phi) is 2.72. The highest BCUT2D eigenvalue weighted by Gasteiger charge is 2.18. The maximum atomic E-state index is 12.3. The highest BCUT2D eigenvalue weighted by Crippen LogP contribution is 2.25. The van der Waals surface area contributed by atoms with Crippen molar-refractivity contribution in [3.8, 4) is 0 Å². The summed E-state index contributed by atoms with van der Waals surface area (Å²) in [5.74, 6) is 0.584. The summed E-state index contributed by atoms with van der Waals surface area (Å²) in [4.78, 5) is 20.2. The number of amides is 1. The first-order valence-electron chi connectivity index (χ1n) is 5.82. The molecule has 0 saturated carbocycles. The SMILES string of the molecule is Cc1oc2ccccc2c1C(=O)Nc1ncccn1. The molecule has 0 aliphatic rings. The molecular formula is C14H11N3O2. The van der Waals surface area contributed by atoms with Gasteiger partial charge in [-0.15, -0.1) is 0 Å². The van der Waals surface area contributed by atoms with E-state index in [2.05, 4.69) is 15.3 Å². The van der Waals surface area contributed by atoms with Gasteiger partial charge < -0.3 is 4.42 Å². The van der Waals surface area contributed by atoms with Gasteiger partial charge in [0.15, 0.2) is 0 Å². The summed E-state index contributed by atoms with van der Waals surface area (Å²) in [6.45, 7) is 1.76. The molecule has 0 fully saturated rings. The molecule has 3 aromatic rings. The zero-order valence-corrected chi connectivity index (χ0v) is 10.3. The lowest BCUT2D eigenvalue weighted by Crippen LogP contribution is -2.14. The van der Waals surface area contributed by atoms with Gasteiger partial charge in [0, 0.05) is 17.8 Å². The Morgan fingerprint density at radius 3 is 2.68 bits per heavy atom. The molecule has 94 valence electrons. The molecule has 0 spiro atoms. The van der Waals surface area contributed by atoms with Crippen LogP contribution in [0.25, 0.3) is 11.0 Å². The van der Waals surface area contributed by atoms with Gasteiger partial charge in [0.05, 0.1) is 5.56 Å². The molecule has 0 atom stereocenters. The van der Waals surface area contributed by atoms with Crippen molar-refractivity contribution in [3.63, 3.8) is 0 Å². The Bertz CT molecular complexity index is 735. The molecule has 1 amide bonds. The van der Waals surface area contributed by atoms with E-state index < -0.39 is 0 Å². The number of hydrogen-bond donors (Lipinski definition) is 1. The van der Waals surface area contributed by atoms with Crippen LogP contribution < -0.4 is 5.32 Å². The molecule has 1 aromatic carbocycles. The summed E-state index contributed by atoms with van der Waals surface area (Å²) < 4.78 is 5.56. The minimum absolute atomic E-state index is 0.270. The molecule has 5 heteroatoms. The molecule has 1 N–H and O–H groups in total. The van der Waals surface area contributed by atoms with Crippen molar-refractivity contribution in [1.29, 1.82) is 0 Å². The van der Waals surface area contributed by atoms with Crippen molar-refractivity contribution < 1.29 is 9.21 Å². The van der Waals surface area contributed by atoms with E-state index in [4.69, 9.17) is 4.42 Å². The van der Waals surface area contributed by atoms with Crippen molar-refractivity contribution in [2.24, 2.45) is 0 Å². The molecule has 0 radical (unpaired) electrons. The zero-order chi connectivity index (χ0) is 13.2. The lowest BCUT2D eigenvalue weighted by molar-refractivity contribution is 0.102. The van der Waals surface area contributed by atoms with Gasteiger partial charge in [-0.05, 0) is 19.1 Å². The fourth-order valence-corrected chi connectivity index (χ4v) is 1.98. The average Bonchev–Trinajstić information content (AvgIpc) is 2.75. The molecule has 3 rings (SSSR count). The van der Waals surface area contributed by atoms with Gasteiger partial charge >= 0.3 is 0 Å². The zero-order valence-electron chi connectivity index (χ0n) is 10.3. The van der Waals surface area contributed by atoms with Gasteiger partial charge in [-0.25, -0.2) is 9.97 Å². The number of aryl methyl sites for hydroxylation is 1. The fraction of sp³-hybridized carbons (Fsp3) is 0.0714. The van der Waals surface area contributed by atoms with E-state index in [0.717, 1.165) is 5.39 Å². The minimum atomic E-state index is -0.270. The summed E-state index contributed by atoms with van der Waals surface area (Å²) in [6, 6.07) is 9.11. The van der Waals surface area contributed by atoms with Crippen LogP contribution in [0.5, 0.6) is 0 Å². The smallest absolute Gasteiger partial charge is 0.262 e. The summed E-state index contributed by atoms with van der Waals surface area (Å²) in [5, 5.41) is 3.44. The third-order valence-corrected chi connectivity index (χ3v) is 2.79. The van der Waals surface area contributed by atoms with Gasteiger partial charge in [0.25, 0.3) is 5.91 Å². The largest absolute Gasteiger partial charge is 0.461 e. The lowest BCUT2D eigenvalue weighted by atomic mass is 10.1. The summed E-state index contributed by atoms with van der Waals surface area (Å²) >= 11 is 0. The summed E-state index contributed by atoms with van der Waals surface area (Å²) in [5.41, 5.74) is 1.21. The number of carbonyl (C=O) groups is 1. The quantitative estimate of drug-likeness (QED) is 0.762. The number of carbonyl (C=O) groups excluding carboxylic acids is 1. The van der Waals surface area contributed by atoms with E-state index >= 15 is 0 Å². The molecule has 0 aliphatic carbocycles. The van der Waals surface area contributed by atoms with E-state index in [1.54, 1.807) is 25.4 Å². The van der Waals surface area contributed by atoms with Crippen molar-refractivity contribution >= 4 is 22.8 Å². The van der Waals surface area contributed by atoms with Crippen LogP contribution >= 0.6 is 0 Å². The standard InChI is InChI=1S/C14H11N3O2/c1-9-12(10-5-2-3-6-11(10)19-9)13(18)17-14-15-7-4-8-16-14/h2-8H,1H3,(H,15,16,17,18). The van der Waals surface area contributed by atoms with Crippen LogP contribution in [0.4, 0.5) is 5.95 Å². The van der Waals surface area contributed by atoms with E-state index in [1.807, 2.05) is 24.3 Å². The van der Waals surface area contributed by atoms with E-state index in [-0.39, 0.29) is 11.9 Å². The van der Waals surface area contributed by atoms with Gasteiger partial charge in [-0.3, -0.25) is 10.1 Å². The highest BCUT2D eigenvalue weighted by atomic mass is 16.3. The monoisotopic (exact) mass is 253 g/mol. The van der Waals surface area contributed by atoms with E-state index in [9.17, 15) is 4.79 Å². The Morgan fingerprint density at radius 2 is 1.89 bits per heavy atom. The normalized spacial score (nSPS) is 10.6. The third-order valence-electron chi connectivity index (χ3n) is 2.79. The molecular weight excluding hydrogens is 242 g/mol. The Balaban J connectivity index is 2.00. The first-order valence-corrected chi connectivity index (χ1v) is 5.82. The number of anilines is 1. The number of fused-ring (bicyclic) bond motifs is 1. The number of nitrogens with zero attached hydrogens (tertiary/aromatic N) is 2. The van der Waals surface area contributed by atoms with Crippen molar-refractivity contribution in [2.75, 3.05) is 5.32 Å². The van der Waals surface area contributed by atoms with Gasteiger partial charge in [0.1, 0.15) is 11.3 Å². The average molecular weight is 253 g/mol. The predicted octanol–water partition coefficient (Wildman–Crippen LogP) is 2.78. The predicted molar refractivity (Wildman–Crippen MR) is 70.9 cm³/mol. The number of rotatable bonds is 2. The number of para-hydroxylation sites is 1. The number of furan rings is 1. The number of benzene rings is 1.